The van der Waals surface area contributed by atoms with Crippen LogP contribution < -0.4 is 11.1 Å². The van der Waals surface area contributed by atoms with Gasteiger partial charge in [-0.05, 0) is 60.6 Å². The van der Waals surface area contributed by atoms with E-state index < -0.39 is 0 Å². The Hall–Kier alpha value is -0.450. The summed E-state index contributed by atoms with van der Waals surface area (Å²) in [5.41, 5.74) is 7.90. The maximum absolute atomic E-state index is 5.72. The van der Waals surface area contributed by atoms with Gasteiger partial charge in [-0.15, -0.1) is 0 Å². The number of halogens is 1. The first-order chi connectivity index (χ1) is 7.00. The molecule has 0 unspecified atom stereocenters. The molecule has 1 aromatic rings. The normalized spacial score (nSPS) is 11.5. The van der Waals surface area contributed by atoms with Crippen LogP contribution in [0.3, 0.4) is 0 Å². The molecule has 0 bridgehead atoms. The van der Waals surface area contributed by atoms with Crippen LogP contribution in [0, 0.1) is 3.57 Å². The third kappa shape index (κ3) is 3.26. The van der Waals surface area contributed by atoms with E-state index >= 15 is 0 Å². The highest BCUT2D eigenvalue weighted by Gasteiger charge is 2.19. The Morgan fingerprint density at radius 2 is 1.93 bits per heavy atom. The predicted molar refractivity (Wildman–Crippen MR) is 76.2 cm³/mol. The number of nitrogens with two attached hydrogens (primary N) is 1. The second-order valence-electron chi connectivity index (χ2n) is 4.13. The molecule has 0 spiro atoms. The Kier molecular flexibility index (Phi) is 4.25. The fourth-order valence-corrected chi connectivity index (χ4v) is 2.06. The first-order valence-corrected chi connectivity index (χ1v) is 6.42. The highest BCUT2D eigenvalue weighted by atomic mass is 127. The number of nitrogens with one attached hydrogen (secondary N) is 1. The van der Waals surface area contributed by atoms with E-state index in [9.17, 15) is 0 Å². The highest BCUT2D eigenvalue weighted by Crippen LogP contribution is 2.26. The molecule has 0 radical (unpaired) electrons. The minimum absolute atomic E-state index is 0.177. The molecule has 15 heavy (non-hydrogen) atoms. The third-order valence-electron chi connectivity index (χ3n) is 2.99. The Bertz CT molecular complexity index is 332. The highest BCUT2D eigenvalue weighted by molar-refractivity contribution is 14.1. The van der Waals surface area contributed by atoms with Gasteiger partial charge in [0.2, 0.25) is 0 Å². The summed E-state index contributed by atoms with van der Waals surface area (Å²) in [5, 5.41) is 3.59. The van der Waals surface area contributed by atoms with Gasteiger partial charge in [-0.3, -0.25) is 0 Å². The van der Waals surface area contributed by atoms with E-state index in [4.69, 9.17) is 5.73 Å². The van der Waals surface area contributed by atoms with Gasteiger partial charge in [0.15, 0.2) is 0 Å². The van der Waals surface area contributed by atoms with Crippen molar-refractivity contribution in [2.75, 3.05) is 11.1 Å². The molecule has 0 aliphatic heterocycles. The van der Waals surface area contributed by atoms with Crippen LogP contribution in [0.15, 0.2) is 18.2 Å². The first-order valence-electron chi connectivity index (χ1n) is 5.34. The van der Waals surface area contributed by atoms with E-state index in [-0.39, 0.29) is 5.54 Å². The molecule has 84 valence electrons. The summed E-state index contributed by atoms with van der Waals surface area (Å²) in [6.07, 6.45) is 2.23. The molecular formula is C12H19IN2. The molecule has 0 aliphatic rings. The molecule has 0 aliphatic carbocycles. The molecule has 0 amide bonds. The van der Waals surface area contributed by atoms with Crippen molar-refractivity contribution in [1.29, 1.82) is 0 Å². The first kappa shape index (κ1) is 12.6. The van der Waals surface area contributed by atoms with Crippen molar-refractivity contribution in [1.82, 2.24) is 0 Å². The summed E-state index contributed by atoms with van der Waals surface area (Å²) in [6.45, 7) is 6.67. The lowest BCUT2D eigenvalue weighted by molar-refractivity contribution is 0.478. The van der Waals surface area contributed by atoms with Crippen molar-refractivity contribution in [2.24, 2.45) is 0 Å². The van der Waals surface area contributed by atoms with E-state index in [1.807, 2.05) is 12.1 Å². The zero-order chi connectivity index (χ0) is 11.5. The minimum Gasteiger partial charge on any atom is -0.399 e. The van der Waals surface area contributed by atoms with Gasteiger partial charge in [-0.2, -0.15) is 0 Å². The molecule has 0 saturated carbocycles. The lowest BCUT2D eigenvalue weighted by Crippen LogP contribution is -2.33. The molecule has 0 heterocycles. The van der Waals surface area contributed by atoms with Crippen molar-refractivity contribution >= 4 is 34.0 Å². The topological polar surface area (TPSA) is 38.0 Å². The maximum Gasteiger partial charge on any atom is 0.0481 e. The minimum atomic E-state index is 0.177. The van der Waals surface area contributed by atoms with Crippen LogP contribution in [0.4, 0.5) is 11.4 Å². The summed E-state index contributed by atoms with van der Waals surface area (Å²) < 4.78 is 1.18. The van der Waals surface area contributed by atoms with Gasteiger partial charge in [-0.1, -0.05) is 13.8 Å². The zero-order valence-corrected chi connectivity index (χ0v) is 11.8. The average Bonchev–Trinajstić information content (AvgIpc) is 2.22. The lowest BCUT2D eigenvalue weighted by atomic mass is 9.95. The fourth-order valence-electron chi connectivity index (χ4n) is 1.38. The number of nitrogen functional groups attached to an aromatic ring is 1. The second-order valence-corrected chi connectivity index (χ2v) is 5.29. The van der Waals surface area contributed by atoms with Crippen molar-refractivity contribution in [2.45, 2.75) is 39.2 Å². The standard InChI is InChI=1S/C12H19IN2/c1-4-12(3,5-2)15-11-7-6-9(14)8-10(11)13/h6-8,15H,4-5,14H2,1-3H3. The monoisotopic (exact) mass is 318 g/mol. The van der Waals surface area contributed by atoms with Gasteiger partial charge in [0.05, 0.1) is 0 Å². The number of benzene rings is 1. The molecular weight excluding hydrogens is 299 g/mol. The number of anilines is 2. The summed E-state index contributed by atoms with van der Waals surface area (Å²) >= 11 is 2.32. The number of hydrogen-bond acceptors (Lipinski definition) is 2. The van der Waals surface area contributed by atoms with Gasteiger partial charge in [-0.25, -0.2) is 0 Å². The quantitative estimate of drug-likeness (QED) is 0.653. The molecule has 1 rings (SSSR count). The van der Waals surface area contributed by atoms with Crippen LogP contribution in [0.5, 0.6) is 0 Å². The maximum atomic E-state index is 5.72. The molecule has 0 saturated heterocycles. The van der Waals surface area contributed by atoms with Gasteiger partial charge < -0.3 is 11.1 Å². The van der Waals surface area contributed by atoms with Crippen LogP contribution in [-0.4, -0.2) is 5.54 Å². The SMILES string of the molecule is CCC(C)(CC)Nc1ccc(N)cc1I. The van der Waals surface area contributed by atoms with Crippen molar-refractivity contribution in [3.05, 3.63) is 21.8 Å². The molecule has 0 fully saturated rings. The van der Waals surface area contributed by atoms with Gasteiger partial charge >= 0.3 is 0 Å². The summed E-state index contributed by atoms with van der Waals surface area (Å²) in [5.74, 6) is 0. The van der Waals surface area contributed by atoms with E-state index in [1.54, 1.807) is 0 Å². The second kappa shape index (κ2) is 5.05. The number of rotatable bonds is 4. The molecule has 3 N–H and O–H groups in total. The molecule has 0 aromatic heterocycles. The van der Waals surface area contributed by atoms with Gasteiger partial charge in [0.25, 0.3) is 0 Å². The van der Waals surface area contributed by atoms with Crippen molar-refractivity contribution < 1.29 is 0 Å². The van der Waals surface area contributed by atoms with Crippen LogP contribution in [0.25, 0.3) is 0 Å². The van der Waals surface area contributed by atoms with Crippen LogP contribution >= 0.6 is 22.6 Å². The Balaban J connectivity index is 2.89. The van der Waals surface area contributed by atoms with E-state index in [1.165, 1.54) is 9.26 Å². The van der Waals surface area contributed by atoms with Crippen LogP contribution in [0.1, 0.15) is 33.6 Å². The van der Waals surface area contributed by atoms with E-state index in [0.717, 1.165) is 18.5 Å². The Morgan fingerprint density at radius 1 is 1.33 bits per heavy atom. The van der Waals surface area contributed by atoms with E-state index in [0.29, 0.717) is 0 Å². The third-order valence-corrected chi connectivity index (χ3v) is 3.88. The summed E-state index contributed by atoms with van der Waals surface area (Å²) in [6, 6.07) is 5.99. The van der Waals surface area contributed by atoms with Gasteiger partial charge in [0, 0.05) is 20.5 Å². The molecule has 0 atom stereocenters. The van der Waals surface area contributed by atoms with Crippen molar-refractivity contribution in [3.63, 3.8) is 0 Å². The Morgan fingerprint density at radius 3 is 2.40 bits per heavy atom. The van der Waals surface area contributed by atoms with Crippen LogP contribution in [-0.2, 0) is 0 Å². The fraction of sp³-hybridized carbons (Fsp3) is 0.500. The molecule has 2 nitrogen and oxygen atoms in total. The van der Waals surface area contributed by atoms with Crippen molar-refractivity contribution in [3.8, 4) is 0 Å². The smallest absolute Gasteiger partial charge is 0.0481 e. The lowest BCUT2D eigenvalue weighted by Gasteiger charge is -2.30. The largest absolute Gasteiger partial charge is 0.399 e. The molecule has 3 heteroatoms. The zero-order valence-electron chi connectivity index (χ0n) is 9.60. The number of hydrogen-bond donors (Lipinski definition) is 2. The van der Waals surface area contributed by atoms with Gasteiger partial charge in [0.1, 0.15) is 0 Å². The summed E-state index contributed by atoms with van der Waals surface area (Å²) in [4.78, 5) is 0. The van der Waals surface area contributed by atoms with E-state index in [2.05, 4.69) is 54.7 Å². The predicted octanol–water partition coefficient (Wildman–Crippen LogP) is 3.86. The van der Waals surface area contributed by atoms with Crippen LogP contribution in [0.2, 0.25) is 0 Å². The molecule has 1 aromatic carbocycles. The average molecular weight is 318 g/mol. The Labute approximate surface area is 106 Å². The summed E-state index contributed by atoms with van der Waals surface area (Å²) in [7, 11) is 0.